The van der Waals surface area contributed by atoms with Crippen LogP contribution in [0.4, 0.5) is 0 Å². The molecule has 1 fully saturated rings. The summed E-state index contributed by atoms with van der Waals surface area (Å²) in [5.74, 6) is -1.80. The van der Waals surface area contributed by atoms with Gasteiger partial charge in [0.1, 0.15) is 6.04 Å². The number of carbonyl (C=O) groups excluding carboxylic acids is 1. The SMILES string of the molecule is CC(C)OCCS(=O)(=O)NCC(=O)N1CCCC[C@@H]1C(=O)O. The Morgan fingerprint density at radius 1 is 1.36 bits per heavy atom. The Hall–Kier alpha value is -1.19. The Morgan fingerprint density at radius 3 is 2.64 bits per heavy atom. The van der Waals surface area contributed by atoms with Crippen LogP contribution >= 0.6 is 0 Å². The van der Waals surface area contributed by atoms with Gasteiger partial charge in [0.2, 0.25) is 15.9 Å². The van der Waals surface area contributed by atoms with Crippen LogP contribution in [0.15, 0.2) is 0 Å². The van der Waals surface area contributed by atoms with Crippen molar-refractivity contribution in [1.82, 2.24) is 9.62 Å². The quantitative estimate of drug-likeness (QED) is 0.634. The molecule has 0 aromatic heterocycles. The van der Waals surface area contributed by atoms with Gasteiger partial charge in [-0.2, -0.15) is 0 Å². The van der Waals surface area contributed by atoms with Gasteiger partial charge < -0.3 is 14.7 Å². The van der Waals surface area contributed by atoms with Crippen molar-refractivity contribution in [2.75, 3.05) is 25.4 Å². The van der Waals surface area contributed by atoms with Gasteiger partial charge in [-0.25, -0.2) is 17.9 Å². The molecule has 1 heterocycles. The monoisotopic (exact) mass is 336 g/mol. The van der Waals surface area contributed by atoms with E-state index in [9.17, 15) is 18.0 Å². The zero-order valence-corrected chi connectivity index (χ0v) is 13.8. The van der Waals surface area contributed by atoms with Gasteiger partial charge in [-0.1, -0.05) is 0 Å². The number of piperidine rings is 1. The second kappa shape index (κ2) is 8.44. The number of hydrogen-bond acceptors (Lipinski definition) is 5. The maximum Gasteiger partial charge on any atom is 0.326 e. The van der Waals surface area contributed by atoms with Crippen LogP contribution in [-0.4, -0.2) is 67.9 Å². The molecule has 0 radical (unpaired) electrons. The maximum atomic E-state index is 12.0. The summed E-state index contributed by atoms with van der Waals surface area (Å²) in [6.07, 6.45) is 1.81. The number of nitrogens with zero attached hydrogens (tertiary/aromatic N) is 1. The molecule has 2 N–H and O–H groups in total. The first-order chi connectivity index (χ1) is 10.2. The van der Waals surface area contributed by atoms with Gasteiger partial charge in [-0.05, 0) is 33.1 Å². The Bertz CT molecular complexity index is 491. The molecule has 1 saturated heterocycles. The fourth-order valence-electron chi connectivity index (χ4n) is 2.23. The van der Waals surface area contributed by atoms with E-state index in [-0.39, 0.29) is 18.5 Å². The number of rotatable bonds is 8. The van der Waals surface area contributed by atoms with Crippen LogP contribution < -0.4 is 4.72 Å². The lowest BCUT2D eigenvalue weighted by atomic mass is 10.0. The summed E-state index contributed by atoms with van der Waals surface area (Å²) >= 11 is 0. The second-order valence-corrected chi connectivity index (χ2v) is 7.42. The largest absolute Gasteiger partial charge is 0.480 e. The van der Waals surface area contributed by atoms with E-state index in [4.69, 9.17) is 9.84 Å². The molecule has 0 saturated carbocycles. The van der Waals surface area contributed by atoms with E-state index in [0.29, 0.717) is 13.0 Å². The number of nitrogens with one attached hydrogen (secondary N) is 1. The van der Waals surface area contributed by atoms with Crippen molar-refractivity contribution < 1.29 is 27.9 Å². The smallest absolute Gasteiger partial charge is 0.326 e. The molecule has 0 aromatic rings. The van der Waals surface area contributed by atoms with Gasteiger partial charge in [-0.15, -0.1) is 0 Å². The van der Waals surface area contributed by atoms with Crippen molar-refractivity contribution in [3.05, 3.63) is 0 Å². The minimum absolute atomic E-state index is 0.0443. The Balaban J connectivity index is 2.48. The predicted molar refractivity (Wildman–Crippen MR) is 79.9 cm³/mol. The maximum absolute atomic E-state index is 12.0. The molecule has 1 rings (SSSR count). The summed E-state index contributed by atoms with van der Waals surface area (Å²) < 4.78 is 30.8. The van der Waals surface area contributed by atoms with E-state index in [1.54, 1.807) is 13.8 Å². The lowest BCUT2D eigenvalue weighted by Gasteiger charge is -2.33. The number of carboxylic acids is 1. The van der Waals surface area contributed by atoms with Gasteiger partial charge in [0.25, 0.3) is 0 Å². The highest BCUT2D eigenvalue weighted by molar-refractivity contribution is 7.89. The first-order valence-electron chi connectivity index (χ1n) is 7.34. The van der Waals surface area contributed by atoms with Crippen molar-refractivity contribution in [3.8, 4) is 0 Å². The second-order valence-electron chi connectivity index (χ2n) is 5.50. The first-order valence-corrected chi connectivity index (χ1v) is 8.99. The van der Waals surface area contributed by atoms with Crippen molar-refractivity contribution >= 4 is 21.9 Å². The molecule has 9 heteroatoms. The van der Waals surface area contributed by atoms with Crippen molar-refractivity contribution in [3.63, 3.8) is 0 Å². The molecule has 0 unspecified atom stereocenters. The zero-order valence-electron chi connectivity index (χ0n) is 12.9. The Morgan fingerprint density at radius 2 is 2.05 bits per heavy atom. The number of carboxylic acid groups (broad SMARTS) is 1. The molecule has 128 valence electrons. The highest BCUT2D eigenvalue weighted by Crippen LogP contribution is 2.17. The van der Waals surface area contributed by atoms with Crippen LogP contribution in [0.1, 0.15) is 33.1 Å². The third kappa shape index (κ3) is 6.29. The van der Waals surface area contributed by atoms with Gasteiger partial charge in [0.05, 0.1) is 25.0 Å². The summed E-state index contributed by atoms with van der Waals surface area (Å²) in [7, 11) is -3.62. The highest BCUT2D eigenvalue weighted by Gasteiger charge is 2.32. The Labute approximate surface area is 130 Å². The van der Waals surface area contributed by atoms with E-state index in [2.05, 4.69) is 4.72 Å². The van der Waals surface area contributed by atoms with Gasteiger partial charge in [0, 0.05) is 6.54 Å². The molecular weight excluding hydrogens is 312 g/mol. The van der Waals surface area contributed by atoms with Crippen molar-refractivity contribution in [2.45, 2.75) is 45.3 Å². The standard InChI is InChI=1S/C13H24N2O6S/c1-10(2)21-7-8-22(19,20)14-9-12(16)15-6-4-3-5-11(15)13(17)18/h10-11,14H,3-9H2,1-2H3,(H,17,18)/t11-/m1/s1. The molecule has 1 aliphatic rings. The van der Waals surface area contributed by atoms with Gasteiger partial charge >= 0.3 is 5.97 Å². The molecule has 0 aliphatic carbocycles. The van der Waals surface area contributed by atoms with Crippen molar-refractivity contribution in [2.24, 2.45) is 0 Å². The minimum Gasteiger partial charge on any atom is -0.480 e. The van der Waals surface area contributed by atoms with Crippen LogP contribution in [0.25, 0.3) is 0 Å². The van der Waals surface area contributed by atoms with E-state index in [1.807, 2.05) is 0 Å². The third-order valence-corrected chi connectivity index (χ3v) is 4.64. The predicted octanol–water partition coefficient (Wildman–Crippen LogP) is -0.203. The Kier molecular flexibility index (Phi) is 7.24. The number of ether oxygens (including phenoxy) is 1. The summed E-state index contributed by atoms with van der Waals surface area (Å²) in [5, 5.41) is 9.10. The van der Waals surface area contributed by atoms with E-state index in [0.717, 1.165) is 12.8 Å². The molecule has 0 bridgehead atoms. The molecular formula is C13H24N2O6S. The number of sulfonamides is 1. The summed E-state index contributed by atoms with van der Waals surface area (Å²) in [5.41, 5.74) is 0. The number of aliphatic carboxylic acids is 1. The molecule has 1 aliphatic heterocycles. The van der Waals surface area contributed by atoms with Crippen LogP contribution in [0.5, 0.6) is 0 Å². The van der Waals surface area contributed by atoms with E-state index in [1.165, 1.54) is 4.90 Å². The van der Waals surface area contributed by atoms with Gasteiger partial charge in [0.15, 0.2) is 0 Å². The van der Waals surface area contributed by atoms with Crippen LogP contribution in [-0.2, 0) is 24.3 Å². The normalized spacial score (nSPS) is 19.4. The summed E-state index contributed by atoms with van der Waals surface area (Å²) in [6, 6.07) is -0.866. The molecule has 8 nitrogen and oxygen atoms in total. The molecule has 0 aromatic carbocycles. The zero-order chi connectivity index (χ0) is 16.8. The fraction of sp³-hybridized carbons (Fsp3) is 0.846. The lowest BCUT2D eigenvalue weighted by molar-refractivity contribution is -0.151. The van der Waals surface area contributed by atoms with E-state index >= 15 is 0 Å². The molecule has 1 atom stereocenters. The summed E-state index contributed by atoms with van der Waals surface area (Å²) in [4.78, 5) is 24.4. The topological polar surface area (TPSA) is 113 Å². The molecule has 1 amide bonds. The third-order valence-electron chi connectivity index (χ3n) is 3.35. The van der Waals surface area contributed by atoms with Crippen LogP contribution in [0.2, 0.25) is 0 Å². The first kappa shape index (κ1) is 18.9. The minimum atomic E-state index is -3.62. The molecule has 22 heavy (non-hydrogen) atoms. The number of likely N-dealkylation sites (tertiary alicyclic amines) is 1. The van der Waals surface area contributed by atoms with Crippen molar-refractivity contribution in [1.29, 1.82) is 0 Å². The highest BCUT2D eigenvalue weighted by atomic mass is 32.2. The van der Waals surface area contributed by atoms with Gasteiger partial charge in [-0.3, -0.25) is 4.79 Å². The van der Waals surface area contributed by atoms with Crippen LogP contribution in [0.3, 0.4) is 0 Å². The number of hydrogen-bond donors (Lipinski definition) is 2. The van der Waals surface area contributed by atoms with Crippen LogP contribution in [0, 0.1) is 0 Å². The average molecular weight is 336 g/mol. The number of amides is 1. The number of carbonyl (C=O) groups is 2. The summed E-state index contributed by atoms with van der Waals surface area (Å²) in [6.45, 7) is 3.56. The lowest BCUT2D eigenvalue weighted by Crippen LogP contribution is -2.51. The fourth-order valence-corrected chi connectivity index (χ4v) is 3.03. The molecule has 0 spiro atoms. The van der Waals surface area contributed by atoms with E-state index < -0.39 is 34.5 Å². The average Bonchev–Trinajstić information content (AvgIpc) is 2.44.